The van der Waals surface area contributed by atoms with Gasteiger partial charge in [0.25, 0.3) is 5.91 Å². The van der Waals surface area contributed by atoms with E-state index in [9.17, 15) is 4.79 Å². The lowest BCUT2D eigenvalue weighted by Gasteiger charge is -2.30. The van der Waals surface area contributed by atoms with Crippen molar-refractivity contribution in [1.82, 2.24) is 9.88 Å². The Morgan fingerprint density at radius 3 is 2.88 bits per heavy atom. The van der Waals surface area contributed by atoms with Crippen LogP contribution in [0, 0.1) is 17.2 Å². The zero-order chi connectivity index (χ0) is 12.3. The molecule has 1 fully saturated rings. The van der Waals surface area contributed by atoms with Crippen LogP contribution in [0.15, 0.2) is 18.3 Å². The van der Waals surface area contributed by atoms with Crippen LogP contribution in [-0.2, 0) is 0 Å². The average molecular weight is 229 g/mol. The Bertz CT molecular complexity index is 456. The van der Waals surface area contributed by atoms with Crippen molar-refractivity contribution in [1.29, 1.82) is 5.26 Å². The average Bonchev–Trinajstić information content (AvgIpc) is 2.39. The van der Waals surface area contributed by atoms with Crippen LogP contribution < -0.4 is 0 Å². The number of piperidine rings is 1. The summed E-state index contributed by atoms with van der Waals surface area (Å²) in [6.07, 6.45) is 3.63. The Hall–Kier alpha value is -1.89. The Balaban J connectivity index is 2.11. The van der Waals surface area contributed by atoms with Crippen molar-refractivity contribution in [2.24, 2.45) is 5.92 Å². The summed E-state index contributed by atoms with van der Waals surface area (Å²) < 4.78 is 0. The highest BCUT2D eigenvalue weighted by molar-refractivity contribution is 5.94. The molecular weight excluding hydrogens is 214 g/mol. The maximum Gasteiger partial charge on any atom is 0.254 e. The number of nitrogens with zero attached hydrogens (tertiary/aromatic N) is 3. The van der Waals surface area contributed by atoms with E-state index in [1.54, 1.807) is 12.1 Å². The summed E-state index contributed by atoms with van der Waals surface area (Å²) in [5, 5.41) is 8.75. The lowest BCUT2D eigenvalue weighted by molar-refractivity contribution is 0.0697. The number of nitriles is 1. The fraction of sp³-hybridized carbons (Fsp3) is 0.462. The number of amides is 1. The molecule has 4 heteroatoms. The van der Waals surface area contributed by atoms with Gasteiger partial charge in [0.15, 0.2) is 0 Å². The fourth-order valence-corrected chi connectivity index (χ4v) is 2.02. The molecule has 0 bridgehead atoms. The van der Waals surface area contributed by atoms with E-state index in [1.165, 1.54) is 6.20 Å². The highest BCUT2D eigenvalue weighted by atomic mass is 16.2. The smallest absolute Gasteiger partial charge is 0.254 e. The normalized spacial score (nSPS) is 16.6. The van der Waals surface area contributed by atoms with Crippen LogP contribution in [0.3, 0.4) is 0 Å². The van der Waals surface area contributed by atoms with E-state index >= 15 is 0 Å². The van der Waals surface area contributed by atoms with Gasteiger partial charge < -0.3 is 4.90 Å². The van der Waals surface area contributed by atoms with Crippen LogP contribution in [0.2, 0.25) is 0 Å². The van der Waals surface area contributed by atoms with Gasteiger partial charge in [0.05, 0.1) is 0 Å². The first-order chi connectivity index (χ1) is 8.20. The topological polar surface area (TPSA) is 57.0 Å². The molecule has 17 heavy (non-hydrogen) atoms. The van der Waals surface area contributed by atoms with Gasteiger partial charge in [-0.25, -0.2) is 4.98 Å². The monoisotopic (exact) mass is 229 g/mol. The first-order valence-electron chi connectivity index (χ1n) is 5.86. The highest BCUT2D eigenvalue weighted by Crippen LogP contribution is 2.18. The first-order valence-corrected chi connectivity index (χ1v) is 5.86. The van der Waals surface area contributed by atoms with Crippen molar-refractivity contribution in [2.45, 2.75) is 19.8 Å². The highest BCUT2D eigenvalue weighted by Gasteiger charge is 2.21. The van der Waals surface area contributed by atoms with Crippen molar-refractivity contribution >= 4 is 5.91 Å². The summed E-state index contributed by atoms with van der Waals surface area (Å²) in [7, 11) is 0. The molecular formula is C13H15N3O. The number of rotatable bonds is 1. The van der Waals surface area contributed by atoms with E-state index in [4.69, 9.17) is 5.26 Å². The Morgan fingerprint density at radius 2 is 2.24 bits per heavy atom. The van der Waals surface area contributed by atoms with Crippen LogP contribution in [-0.4, -0.2) is 28.9 Å². The molecule has 0 atom stereocenters. The molecule has 88 valence electrons. The van der Waals surface area contributed by atoms with Crippen molar-refractivity contribution in [3.8, 4) is 6.07 Å². The zero-order valence-electron chi connectivity index (χ0n) is 9.89. The largest absolute Gasteiger partial charge is 0.339 e. The third kappa shape index (κ3) is 2.62. The van der Waals surface area contributed by atoms with Crippen molar-refractivity contribution < 1.29 is 4.79 Å². The third-order valence-corrected chi connectivity index (χ3v) is 3.19. The molecule has 1 amide bonds. The zero-order valence-corrected chi connectivity index (χ0v) is 9.89. The maximum absolute atomic E-state index is 12.2. The predicted molar refractivity (Wildman–Crippen MR) is 63.3 cm³/mol. The number of carbonyl (C=O) groups excluding carboxylic acids is 1. The van der Waals surface area contributed by atoms with Crippen LogP contribution >= 0.6 is 0 Å². The second kappa shape index (κ2) is 4.96. The van der Waals surface area contributed by atoms with Crippen LogP contribution in [0.25, 0.3) is 0 Å². The molecule has 1 aliphatic heterocycles. The van der Waals surface area contributed by atoms with Gasteiger partial charge in [-0.2, -0.15) is 5.26 Å². The quantitative estimate of drug-likeness (QED) is 0.738. The standard InChI is InChI=1S/C13H15N3O/c1-10-3-6-16(7-4-10)13(17)11-2-5-15-12(8-11)9-14/h2,5,8,10H,3-4,6-7H2,1H3. The van der Waals surface area contributed by atoms with Crippen LogP contribution in [0.1, 0.15) is 35.8 Å². The molecule has 0 spiro atoms. The molecule has 1 aromatic heterocycles. The minimum Gasteiger partial charge on any atom is -0.339 e. The number of pyridine rings is 1. The minimum atomic E-state index is 0.0100. The van der Waals surface area contributed by atoms with Gasteiger partial charge in [0, 0.05) is 24.8 Å². The second-order valence-electron chi connectivity index (χ2n) is 4.52. The van der Waals surface area contributed by atoms with E-state index in [1.807, 2.05) is 11.0 Å². The fourth-order valence-electron chi connectivity index (χ4n) is 2.02. The van der Waals surface area contributed by atoms with Crippen molar-refractivity contribution in [2.75, 3.05) is 13.1 Å². The van der Waals surface area contributed by atoms with Gasteiger partial charge in [0.1, 0.15) is 11.8 Å². The molecule has 0 aromatic carbocycles. The molecule has 1 aliphatic rings. The molecule has 2 heterocycles. The Labute approximate surface area is 101 Å². The molecule has 0 radical (unpaired) electrons. The molecule has 0 saturated carbocycles. The van der Waals surface area contributed by atoms with Crippen LogP contribution in [0.5, 0.6) is 0 Å². The number of hydrogen-bond donors (Lipinski definition) is 0. The number of carbonyl (C=O) groups is 1. The summed E-state index contributed by atoms with van der Waals surface area (Å²) >= 11 is 0. The summed E-state index contributed by atoms with van der Waals surface area (Å²) in [6, 6.07) is 5.17. The van der Waals surface area contributed by atoms with E-state index in [0.29, 0.717) is 17.2 Å². The van der Waals surface area contributed by atoms with Gasteiger partial charge in [-0.3, -0.25) is 4.79 Å². The Morgan fingerprint density at radius 1 is 1.53 bits per heavy atom. The number of aromatic nitrogens is 1. The van der Waals surface area contributed by atoms with E-state index in [-0.39, 0.29) is 5.91 Å². The third-order valence-electron chi connectivity index (χ3n) is 3.19. The number of hydrogen-bond acceptors (Lipinski definition) is 3. The van der Waals surface area contributed by atoms with E-state index < -0.39 is 0 Å². The molecule has 0 N–H and O–H groups in total. The second-order valence-corrected chi connectivity index (χ2v) is 4.52. The van der Waals surface area contributed by atoms with Gasteiger partial charge in [-0.05, 0) is 30.9 Å². The first kappa shape index (κ1) is 11.6. The van der Waals surface area contributed by atoms with Gasteiger partial charge in [0.2, 0.25) is 0 Å². The Kier molecular flexibility index (Phi) is 3.38. The molecule has 0 aliphatic carbocycles. The predicted octanol–water partition coefficient (Wildman–Crippen LogP) is 1.83. The van der Waals surface area contributed by atoms with Gasteiger partial charge in [-0.15, -0.1) is 0 Å². The lowest BCUT2D eigenvalue weighted by atomic mass is 9.98. The van der Waals surface area contributed by atoms with E-state index in [2.05, 4.69) is 11.9 Å². The minimum absolute atomic E-state index is 0.0100. The van der Waals surface area contributed by atoms with Crippen LogP contribution in [0.4, 0.5) is 0 Å². The SMILES string of the molecule is CC1CCN(C(=O)c2ccnc(C#N)c2)CC1. The summed E-state index contributed by atoms with van der Waals surface area (Å²) in [6.45, 7) is 3.83. The van der Waals surface area contributed by atoms with Gasteiger partial charge >= 0.3 is 0 Å². The van der Waals surface area contributed by atoms with E-state index in [0.717, 1.165) is 25.9 Å². The molecule has 2 rings (SSSR count). The molecule has 0 unspecified atom stereocenters. The summed E-state index contributed by atoms with van der Waals surface area (Å²) in [5.74, 6) is 0.710. The van der Waals surface area contributed by atoms with Gasteiger partial charge in [-0.1, -0.05) is 6.92 Å². The molecule has 4 nitrogen and oxygen atoms in total. The maximum atomic E-state index is 12.2. The van der Waals surface area contributed by atoms with Crippen molar-refractivity contribution in [3.05, 3.63) is 29.6 Å². The van der Waals surface area contributed by atoms with Crippen molar-refractivity contribution in [3.63, 3.8) is 0 Å². The molecule has 1 saturated heterocycles. The molecule has 1 aromatic rings. The number of likely N-dealkylation sites (tertiary alicyclic amines) is 1. The summed E-state index contributed by atoms with van der Waals surface area (Å²) in [5.41, 5.74) is 0.854. The summed E-state index contributed by atoms with van der Waals surface area (Å²) in [4.78, 5) is 17.9. The lowest BCUT2D eigenvalue weighted by Crippen LogP contribution is -2.37.